The van der Waals surface area contributed by atoms with E-state index in [9.17, 15) is 9.18 Å². The molecule has 4 heteroatoms. The quantitative estimate of drug-likeness (QED) is 0.444. The van der Waals surface area contributed by atoms with Crippen LogP contribution in [0.25, 0.3) is 17.0 Å². The molecular formula is C25H20FNO2. The second-order valence-electron chi connectivity index (χ2n) is 7.01. The third-order valence-electron chi connectivity index (χ3n) is 4.94. The van der Waals surface area contributed by atoms with Gasteiger partial charge in [-0.05, 0) is 70.5 Å². The van der Waals surface area contributed by atoms with E-state index in [0.29, 0.717) is 12.0 Å². The molecule has 0 radical (unpaired) electrons. The molecule has 0 saturated heterocycles. The Morgan fingerprint density at radius 3 is 2.59 bits per heavy atom. The third-order valence-corrected chi connectivity index (χ3v) is 4.94. The maximum absolute atomic E-state index is 13.6. The van der Waals surface area contributed by atoms with Gasteiger partial charge in [-0.15, -0.1) is 0 Å². The average Bonchev–Trinajstić information content (AvgIpc) is 3.11. The van der Waals surface area contributed by atoms with Gasteiger partial charge in [0, 0.05) is 24.3 Å². The standard InChI is InChI=1S/C25H20FNO2/c26-23-9-7-20(21(16-23)8-11-25(28)29)14-19-6-10-24-22(15-19)12-13-27(24)17-18-4-2-1-3-5-18/h1-13,15-16H,14,17H2,(H,28,29)/b11-8+. The number of nitrogens with zero attached hydrogens (tertiary/aromatic N) is 1. The minimum atomic E-state index is -1.05. The highest BCUT2D eigenvalue weighted by molar-refractivity contribution is 5.85. The van der Waals surface area contributed by atoms with E-state index in [1.165, 1.54) is 23.8 Å². The van der Waals surface area contributed by atoms with E-state index in [1.807, 2.05) is 18.2 Å². The lowest BCUT2D eigenvalue weighted by Crippen LogP contribution is -1.98. The lowest BCUT2D eigenvalue weighted by atomic mass is 9.98. The number of carbonyl (C=O) groups is 1. The summed E-state index contributed by atoms with van der Waals surface area (Å²) in [5.41, 5.74) is 4.95. The van der Waals surface area contributed by atoms with Gasteiger partial charge in [0.1, 0.15) is 5.82 Å². The maximum Gasteiger partial charge on any atom is 0.328 e. The molecule has 0 atom stereocenters. The molecule has 0 spiro atoms. The number of aromatic nitrogens is 1. The molecule has 4 rings (SSSR count). The first-order chi connectivity index (χ1) is 14.1. The van der Waals surface area contributed by atoms with E-state index >= 15 is 0 Å². The predicted octanol–water partition coefficient (Wildman–Crippen LogP) is 5.52. The minimum absolute atomic E-state index is 0.382. The van der Waals surface area contributed by atoms with E-state index in [2.05, 4.69) is 47.2 Å². The Labute approximate surface area is 168 Å². The molecule has 0 saturated carbocycles. The number of rotatable bonds is 6. The average molecular weight is 385 g/mol. The van der Waals surface area contributed by atoms with Gasteiger partial charge in [0.25, 0.3) is 0 Å². The van der Waals surface area contributed by atoms with Gasteiger partial charge in [-0.25, -0.2) is 9.18 Å². The van der Waals surface area contributed by atoms with Crippen LogP contribution in [0.4, 0.5) is 4.39 Å². The van der Waals surface area contributed by atoms with Crippen molar-refractivity contribution in [1.29, 1.82) is 0 Å². The Hall–Kier alpha value is -3.66. The van der Waals surface area contributed by atoms with E-state index in [4.69, 9.17) is 5.11 Å². The van der Waals surface area contributed by atoms with E-state index in [1.54, 1.807) is 6.07 Å². The normalized spacial score (nSPS) is 11.3. The summed E-state index contributed by atoms with van der Waals surface area (Å²) in [6.07, 6.45) is 5.15. The molecule has 1 heterocycles. The Morgan fingerprint density at radius 1 is 0.966 bits per heavy atom. The lowest BCUT2D eigenvalue weighted by Gasteiger charge is -2.09. The van der Waals surface area contributed by atoms with Crippen molar-refractivity contribution in [1.82, 2.24) is 4.57 Å². The number of fused-ring (bicyclic) bond motifs is 1. The fourth-order valence-corrected chi connectivity index (χ4v) is 3.54. The number of carboxylic acids is 1. The molecule has 3 nitrogen and oxygen atoms in total. The molecule has 0 amide bonds. The molecule has 1 aromatic heterocycles. The summed E-state index contributed by atoms with van der Waals surface area (Å²) >= 11 is 0. The molecule has 3 aromatic carbocycles. The van der Waals surface area contributed by atoms with Crippen LogP contribution in [-0.2, 0) is 17.8 Å². The molecule has 0 aliphatic heterocycles. The zero-order valence-corrected chi connectivity index (χ0v) is 15.8. The van der Waals surface area contributed by atoms with Crippen molar-refractivity contribution >= 4 is 22.9 Å². The number of aliphatic carboxylic acids is 1. The summed E-state index contributed by atoms with van der Waals surface area (Å²) in [4.78, 5) is 10.8. The van der Waals surface area contributed by atoms with E-state index in [-0.39, 0.29) is 5.82 Å². The van der Waals surface area contributed by atoms with Crippen LogP contribution in [0, 0.1) is 5.82 Å². The van der Waals surface area contributed by atoms with Crippen LogP contribution < -0.4 is 0 Å². The smallest absolute Gasteiger partial charge is 0.328 e. The number of halogens is 1. The summed E-state index contributed by atoms with van der Waals surface area (Å²) in [5, 5.41) is 10.0. The molecule has 0 aliphatic rings. The van der Waals surface area contributed by atoms with Crippen molar-refractivity contribution in [2.24, 2.45) is 0 Å². The van der Waals surface area contributed by atoms with Crippen LogP contribution in [0.1, 0.15) is 22.3 Å². The Bertz CT molecular complexity index is 1190. The van der Waals surface area contributed by atoms with Crippen LogP contribution in [-0.4, -0.2) is 15.6 Å². The highest BCUT2D eigenvalue weighted by atomic mass is 19.1. The maximum atomic E-state index is 13.6. The van der Waals surface area contributed by atoms with Gasteiger partial charge < -0.3 is 9.67 Å². The molecule has 0 unspecified atom stereocenters. The first-order valence-electron chi connectivity index (χ1n) is 9.39. The Balaban J connectivity index is 1.61. The highest BCUT2D eigenvalue weighted by Crippen LogP contribution is 2.23. The van der Waals surface area contributed by atoms with Gasteiger partial charge in [-0.3, -0.25) is 0 Å². The van der Waals surface area contributed by atoms with Crippen molar-refractivity contribution in [2.45, 2.75) is 13.0 Å². The molecule has 0 aliphatic carbocycles. The van der Waals surface area contributed by atoms with Crippen molar-refractivity contribution in [3.05, 3.63) is 113 Å². The minimum Gasteiger partial charge on any atom is -0.478 e. The Morgan fingerprint density at radius 2 is 1.79 bits per heavy atom. The molecule has 1 N–H and O–H groups in total. The van der Waals surface area contributed by atoms with Gasteiger partial charge >= 0.3 is 5.97 Å². The molecule has 4 aromatic rings. The number of carboxylic acid groups (broad SMARTS) is 1. The second-order valence-corrected chi connectivity index (χ2v) is 7.01. The first kappa shape index (κ1) is 18.7. The largest absolute Gasteiger partial charge is 0.478 e. The van der Waals surface area contributed by atoms with Crippen LogP contribution in [0.3, 0.4) is 0 Å². The van der Waals surface area contributed by atoms with E-state index in [0.717, 1.165) is 34.7 Å². The van der Waals surface area contributed by atoms with Gasteiger partial charge in [-0.1, -0.05) is 42.5 Å². The lowest BCUT2D eigenvalue weighted by molar-refractivity contribution is -0.131. The third kappa shape index (κ3) is 4.43. The summed E-state index contributed by atoms with van der Waals surface area (Å²) in [6.45, 7) is 0.811. The highest BCUT2D eigenvalue weighted by Gasteiger charge is 2.07. The van der Waals surface area contributed by atoms with Crippen LogP contribution in [0.15, 0.2) is 85.1 Å². The van der Waals surface area contributed by atoms with E-state index < -0.39 is 5.97 Å². The SMILES string of the molecule is O=C(O)/C=C/c1cc(F)ccc1Cc1ccc2c(ccn2Cc2ccccc2)c1. The number of hydrogen-bond acceptors (Lipinski definition) is 1. The number of hydrogen-bond donors (Lipinski definition) is 1. The molecular weight excluding hydrogens is 365 g/mol. The predicted molar refractivity (Wildman–Crippen MR) is 113 cm³/mol. The molecule has 29 heavy (non-hydrogen) atoms. The van der Waals surface area contributed by atoms with Gasteiger partial charge in [-0.2, -0.15) is 0 Å². The van der Waals surface area contributed by atoms with Gasteiger partial charge in [0.15, 0.2) is 0 Å². The van der Waals surface area contributed by atoms with Crippen molar-refractivity contribution in [3.8, 4) is 0 Å². The summed E-state index contributed by atoms with van der Waals surface area (Å²) < 4.78 is 15.8. The fourth-order valence-electron chi connectivity index (χ4n) is 3.54. The first-order valence-corrected chi connectivity index (χ1v) is 9.39. The topological polar surface area (TPSA) is 42.2 Å². The number of benzene rings is 3. The molecule has 0 bridgehead atoms. The van der Waals surface area contributed by atoms with Crippen LogP contribution in [0.2, 0.25) is 0 Å². The Kier molecular flexibility index (Phi) is 5.25. The zero-order valence-electron chi connectivity index (χ0n) is 15.8. The van der Waals surface area contributed by atoms with Crippen LogP contribution >= 0.6 is 0 Å². The molecule has 144 valence electrons. The van der Waals surface area contributed by atoms with Gasteiger partial charge in [0.05, 0.1) is 0 Å². The van der Waals surface area contributed by atoms with Crippen LogP contribution in [0.5, 0.6) is 0 Å². The van der Waals surface area contributed by atoms with Gasteiger partial charge in [0.2, 0.25) is 0 Å². The summed E-state index contributed by atoms with van der Waals surface area (Å²) in [7, 11) is 0. The van der Waals surface area contributed by atoms with Crippen molar-refractivity contribution < 1.29 is 14.3 Å². The monoisotopic (exact) mass is 385 g/mol. The second kappa shape index (κ2) is 8.15. The molecule has 0 fully saturated rings. The fraction of sp³-hybridized carbons (Fsp3) is 0.0800. The van der Waals surface area contributed by atoms with Crippen molar-refractivity contribution in [3.63, 3.8) is 0 Å². The summed E-state index contributed by atoms with van der Waals surface area (Å²) in [6, 6.07) is 23.2. The zero-order chi connectivity index (χ0) is 20.2. The van der Waals surface area contributed by atoms with Crippen molar-refractivity contribution in [2.75, 3.05) is 0 Å². The summed E-state index contributed by atoms with van der Waals surface area (Å²) in [5.74, 6) is -1.44.